The lowest BCUT2D eigenvalue weighted by atomic mass is 10.3. The van der Waals surface area contributed by atoms with E-state index in [9.17, 15) is 14.4 Å². The van der Waals surface area contributed by atoms with Crippen LogP contribution in [0.1, 0.15) is 6.42 Å². The van der Waals surface area contributed by atoms with Crippen molar-refractivity contribution in [1.29, 1.82) is 0 Å². The molecule has 1 aliphatic heterocycles. The van der Waals surface area contributed by atoms with Gasteiger partial charge in [0.2, 0.25) is 11.8 Å². The van der Waals surface area contributed by atoms with Gasteiger partial charge in [-0.3, -0.25) is 19.8 Å². The average molecular weight is 170 g/mol. The van der Waals surface area contributed by atoms with E-state index in [2.05, 4.69) is 5.32 Å². The van der Waals surface area contributed by atoms with Crippen LogP contribution in [0.25, 0.3) is 0 Å². The third-order valence-electron chi connectivity index (χ3n) is 1.58. The number of nitrogens with one attached hydrogen (secondary N) is 1. The number of carbonyl (C=O) groups excluding carboxylic acids is 3. The quantitative estimate of drug-likeness (QED) is 0.415. The molecule has 0 aromatic heterocycles. The molecule has 0 atom stereocenters. The topological polar surface area (TPSA) is 66.5 Å². The van der Waals surface area contributed by atoms with E-state index < -0.39 is 0 Å². The summed E-state index contributed by atoms with van der Waals surface area (Å²) in [6.07, 6.45) is 1.14. The van der Waals surface area contributed by atoms with Crippen molar-refractivity contribution in [1.82, 2.24) is 10.2 Å². The summed E-state index contributed by atoms with van der Waals surface area (Å²) in [5.74, 6) is -0.589. The fraction of sp³-hybridized carbons (Fsp3) is 0.571. The lowest BCUT2D eigenvalue weighted by Gasteiger charge is -2.23. The van der Waals surface area contributed by atoms with E-state index in [0.29, 0.717) is 13.0 Å². The number of nitrogens with zero attached hydrogens (tertiary/aromatic N) is 1. The minimum Gasteiger partial charge on any atom is -0.303 e. The third-order valence-corrected chi connectivity index (χ3v) is 1.58. The van der Waals surface area contributed by atoms with Crippen LogP contribution in [0, 0.1) is 0 Å². The van der Waals surface area contributed by atoms with Crippen molar-refractivity contribution < 1.29 is 14.4 Å². The van der Waals surface area contributed by atoms with Gasteiger partial charge in [-0.15, -0.1) is 0 Å². The Labute approximate surface area is 69.7 Å². The van der Waals surface area contributed by atoms with Gasteiger partial charge < -0.3 is 4.79 Å². The van der Waals surface area contributed by atoms with Crippen LogP contribution in [0.4, 0.5) is 0 Å². The molecule has 2 amide bonds. The molecule has 12 heavy (non-hydrogen) atoms. The van der Waals surface area contributed by atoms with E-state index in [-0.39, 0.29) is 24.9 Å². The van der Waals surface area contributed by atoms with Crippen molar-refractivity contribution in [2.24, 2.45) is 0 Å². The maximum Gasteiger partial charge on any atom is 0.240 e. The number of imide groups is 1. The summed E-state index contributed by atoms with van der Waals surface area (Å²) in [6, 6.07) is 0. The first kappa shape index (κ1) is 8.86. The standard InChI is InChI=1S/C7H10N2O3/c10-3-1-2-9-4-6(11)8-7(12)5-9/h3H,1-2,4-5H2,(H,8,11,12). The van der Waals surface area contributed by atoms with Gasteiger partial charge in [-0.2, -0.15) is 0 Å². The summed E-state index contributed by atoms with van der Waals surface area (Å²) < 4.78 is 0. The second kappa shape index (κ2) is 3.96. The number of amides is 2. The molecule has 0 radical (unpaired) electrons. The normalized spacial score (nSPS) is 19.0. The summed E-state index contributed by atoms with van der Waals surface area (Å²) in [4.78, 5) is 33.2. The molecule has 66 valence electrons. The molecule has 0 spiro atoms. The van der Waals surface area contributed by atoms with Gasteiger partial charge in [0.25, 0.3) is 0 Å². The highest BCUT2D eigenvalue weighted by Gasteiger charge is 2.21. The predicted octanol–water partition coefficient (Wildman–Crippen LogP) is -1.47. The second-order valence-electron chi connectivity index (χ2n) is 2.64. The highest BCUT2D eigenvalue weighted by Crippen LogP contribution is 1.94. The van der Waals surface area contributed by atoms with Crippen LogP contribution in [0.5, 0.6) is 0 Å². The zero-order valence-electron chi connectivity index (χ0n) is 6.58. The number of hydrogen-bond donors (Lipinski definition) is 1. The first-order chi connectivity index (χ1) is 5.72. The molecule has 5 heteroatoms. The zero-order chi connectivity index (χ0) is 8.97. The highest BCUT2D eigenvalue weighted by atomic mass is 16.2. The van der Waals surface area contributed by atoms with Crippen LogP contribution in [-0.4, -0.2) is 42.6 Å². The van der Waals surface area contributed by atoms with Crippen molar-refractivity contribution in [3.63, 3.8) is 0 Å². The Bertz CT molecular complexity index is 199. The molecule has 0 saturated carbocycles. The van der Waals surface area contributed by atoms with Crippen LogP contribution in [0.2, 0.25) is 0 Å². The van der Waals surface area contributed by atoms with E-state index in [4.69, 9.17) is 0 Å². The lowest BCUT2D eigenvalue weighted by Crippen LogP contribution is -2.51. The number of rotatable bonds is 3. The van der Waals surface area contributed by atoms with Crippen LogP contribution < -0.4 is 5.32 Å². The van der Waals surface area contributed by atoms with E-state index in [1.165, 1.54) is 0 Å². The molecule has 1 aliphatic rings. The highest BCUT2D eigenvalue weighted by molar-refractivity contribution is 5.99. The molecule has 0 aromatic rings. The molecule has 1 N–H and O–H groups in total. The predicted molar refractivity (Wildman–Crippen MR) is 40.3 cm³/mol. The summed E-state index contributed by atoms with van der Waals surface area (Å²) in [6.45, 7) is 0.891. The van der Waals surface area contributed by atoms with Gasteiger partial charge in [0.05, 0.1) is 13.1 Å². The molecule has 1 saturated heterocycles. The van der Waals surface area contributed by atoms with Crippen LogP contribution in [-0.2, 0) is 14.4 Å². The second-order valence-corrected chi connectivity index (χ2v) is 2.64. The molecular formula is C7H10N2O3. The Hall–Kier alpha value is -1.23. The molecule has 1 fully saturated rings. The molecular weight excluding hydrogens is 160 g/mol. The summed E-state index contributed by atoms with van der Waals surface area (Å²) >= 11 is 0. The molecule has 0 aliphatic carbocycles. The maximum atomic E-state index is 10.8. The summed E-state index contributed by atoms with van der Waals surface area (Å²) in [7, 11) is 0. The Morgan fingerprint density at radius 3 is 2.42 bits per heavy atom. The first-order valence-electron chi connectivity index (χ1n) is 3.71. The Morgan fingerprint density at radius 2 is 1.92 bits per heavy atom. The van der Waals surface area contributed by atoms with E-state index in [1.54, 1.807) is 4.90 Å². The fourth-order valence-electron chi connectivity index (χ4n) is 1.09. The molecule has 1 heterocycles. The van der Waals surface area contributed by atoms with E-state index in [0.717, 1.165) is 6.29 Å². The van der Waals surface area contributed by atoms with Gasteiger partial charge in [-0.05, 0) is 0 Å². The lowest BCUT2D eigenvalue weighted by molar-refractivity contribution is -0.136. The number of aldehydes is 1. The Kier molecular flexibility index (Phi) is 2.93. The van der Waals surface area contributed by atoms with Crippen molar-refractivity contribution in [2.45, 2.75) is 6.42 Å². The molecule has 0 bridgehead atoms. The van der Waals surface area contributed by atoms with Crippen LogP contribution >= 0.6 is 0 Å². The average Bonchev–Trinajstić information content (AvgIpc) is 1.99. The Morgan fingerprint density at radius 1 is 1.33 bits per heavy atom. The van der Waals surface area contributed by atoms with E-state index >= 15 is 0 Å². The maximum absolute atomic E-state index is 10.8. The minimum atomic E-state index is -0.294. The summed E-state index contributed by atoms with van der Waals surface area (Å²) in [5, 5.41) is 2.18. The van der Waals surface area contributed by atoms with Crippen molar-refractivity contribution >= 4 is 18.1 Å². The molecule has 5 nitrogen and oxygen atoms in total. The molecule has 0 aromatic carbocycles. The van der Waals surface area contributed by atoms with Crippen LogP contribution in [0.3, 0.4) is 0 Å². The van der Waals surface area contributed by atoms with Gasteiger partial charge in [0, 0.05) is 13.0 Å². The SMILES string of the molecule is O=CCCN1CC(=O)NC(=O)C1. The monoisotopic (exact) mass is 170 g/mol. The van der Waals surface area contributed by atoms with Gasteiger partial charge in [0.1, 0.15) is 6.29 Å². The zero-order valence-corrected chi connectivity index (χ0v) is 6.58. The van der Waals surface area contributed by atoms with Crippen LogP contribution in [0.15, 0.2) is 0 Å². The first-order valence-corrected chi connectivity index (χ1v) is 3.71. The molecule has 0 unspecified atom stereocenters. The largest absolute Gasteiger partial charge is 0.303 e. The summed E-state index contributed by atoms with van der Waals surface area (Å²) in [5.41, 5.74) is 0. The van der Waals surface area contributed by atoms with Gasteiger partial charge >= 0.3 is 0 Å². The number of carbonyl (C=O) groups is 3. The van der Waals surface area contributed by atoms with E-state index in [1.807, 2.05) is 0 Å². The van der Waals surface area contributed by atoms with Crippen molar-refractivity contribution in [3.05, 3.63) is 0 Å². The van der Waals surface area contributed by atoms with Crippen molar-refractivity contribution in [3.8, 4) is 0 Å². The van der Waals surface area contributed by atoms with Gasteiger partial charge in [-0.25, -0.2) is 0 Å². The number of hydrogen-bond acceptors (Lipinski definition) is 4. The number of piperazine rings is 1. The molecule has 1 rings (SSSR count). The third kappa shape index (κ3) is 2.43. The van der Waals surface area contributed by atoms with Gasteiger partial charge in [0.15, 0.2) is 0 Å². The minimum absolute atomic E-state index is 0.208. The van der Waals surface area contributed by atoms with Crippen molar-refractivity contribution in [2.75, 3.05) is 19.6 Å². The Balaban J connectivity index is 2.38. The fourth-order valence-corrected chi connectivity index (χ4v) is 1.09. The smallest absolute Gasteiger partial charge is 0.240 e. The van der Waals surface area contributed by atoms with Gasteiger partial charge in [-0.1, -0.05) is 0 Å².